The molecule has 146 valence electrons. The minimum atomic E-state index is -0.133. The number of pyridine rings is 1. The second kappa shape index (κ2) is 7.24. The van der Waals surface area contributed by atoms with E-state index in [9.17, 15) is 4.79 Å². The van der Waals surface area contributed by atoms with Crippen LogP contribution in [0.25, 0.3) is 22.1 Å². The highest BCUT2D eigenvalue weighted by Gasteiger charge is 2.23. The van der Waals surface area contributed by atoms with Gasteiger partial charge in [-0.15, -0.1) is 10.2 Å². The third kappa shape index (κ3) is 3.22. The van der Waals surface area contributed by atoms with Crippen LogP contribution >= 0.6 is 0 Å². The molecule has 7 nitrogen and oxygen atoms in total. The van der Waals surface area contributed by atoms with Crippen molar-refractivity contribution in [3.8, 4) is 0 Å². The van der Waals surface area contributed by atoms with Gasteiger partial charge in [-0.25, -0.2) is 4.98 Å². The zero-order chi connectivity index (χ0) is 19.8. The molecule has 1 N–H and O–H groups in total. The summed E-state index contributed by atoms with van der Waals surface area (Å²) >= 11 is 0. The van der Waals surface area contributed by atoms with Crippen molar-refractivity contribution in [2.75, 3.05) is 0 Å². The van der Waals surface area contributed by atoms with Crippen LogP contribution in [0.4, 0.5) is 0 Å². The van der Waals surface area contributed by atoms with Crippen molar-refractivity contribution in [2.45, 2.75) is 45.2 Å². The molecule has 1 amide bonds. The summed E-state index contributed by atoms with van der Waals surface area (Å²) in [7, 11) is 0. The van der Waals surface area contributed by atoms with Gasteiger partial charge in [-0.05, 0) is 50.1 Å². The van der Waals surface area contributed by atoms with E-state index in [0.717, 1.165) is 40.8 Å². The number of imidazole rings is 1. The Balaban J connectivity index is 1.54. The fourth-order valence-corrected chi connectivity index (χ4v) is 4.29. The molecular formula is C22H22N6O. The van der Waals surface area contributed by atoms with Gasteiger partial charge in [0.1, 0.15) is 5.82 Å². The van der Waals surface area contributed by atoms with Crippen molar-refractivity contribution < 1.29 is 4.79 Å². The molecule has 0 unspecified atom stereocenters. The molecule has 0 atom stereocenters. The maximum Gasteiger partial charge on any atom is 0.251 e. The van der Waals surface area contributed by atoms with Crippen LogP contribution in [0.1, 0.15) is 53.6 Å². The Hall–Kier alpha value is -3.35. The molecule has 1 fully saturated rings. The van der Waals surface area contributed by atoms with Crippen LogP contribution < -0.4 is 5.32 Å². The topological polar surface area (TPSA) is 85.6 Å². The number of benzene rings is 1. The van der Waals surface area contributed by atoms with Crippen LogP contribution in [0.15, 0.2) is 42.6 Å². The Morgan fingerprint density at radius 1 is 1.17 bits per heavy atom. The molecule has 3 aromatic heterocycles. The fourth-order valence-electron chi connectivity index (χ4n) is 4.29. The zero-order valence-electron chi connectivity index (χ0n) is 16.3. The monoisotopic (exact) mass is 386 g/mol. The van der Waals surface area contributed by atoms with Crippen molar-refractivity contribution in [3.63, 3.8) is 0 Å². The lowest BCUT2D eigenvalue weighted by Gasteiger charge is -2.15. The largest absolute Gasteiger partial charge is 0.346 e. The third-order valence-corrected chi connectivity index (χ3v) is 5.68. The zero-order valence-corrected chi connectivity index (χ0v) is 16.3. The second-order valence-electron chi connectivity index (χ2n) is 7.58. The minimum absolute atomic E-state index is 0.133. The van der Waals surface area contributed by atoms with Crippen molar-refractivity contribution in [1.29, 1.82) is 0 Å². The summed E-state index contributed by atoms with van der Waals surface area (Å²) in [5.41, 5.74) is 3.83. The van der Waals surface area contributed by atoms with Crippen molar-refractivity contribution in [3.05, 3.63) is 59.7 Å². The maximum atomic E-state index is 12.7. The number of carbonyl (C=O) groups excluding carboxylic acids is 1. The second-order valence-corrected chi connectivity index (χ2v) is 7.58. The highest BCUT2D eigenvalue weighted by molar-refractivity contribution is 6.05. The standard InChI is InChI=1S/C22H22N6O/c1-14-25-21-20(28(14)17-7-2-3-8-17)18-12-15(9-10-19(18)26-27-21)22(29)24-13-16-6-4-5-11-23-16/h4-6,9-12,17H,2-3,7-8,13H2,1H3,(H,24,29). The van der Waals surface area contributed by atoms with Gasteiger partial charge < -0.3 is 9.88 Å². The van der Waals surface area contributed by atoms with Gasteiger partial charge in [-0.2, -0.15) is 0 Å². The van der Waals surface area contributed by atoms with Crippen LogP contribution in [0.3, 0.4) is 0 Å². The van der Waals surface area contributed by atoms with E-state index in [4.69, 9.17) is 0 Å². The molecule has 7 heteroatoms. The molecule has 0 aliphatic heterocycles. The van der Waals surface area contributed by atoms with Gasteiger partial charge in [0.15, 0.2) is 0 Å². The van der Waals surface area contributed by atoms with Crippen molar-refractivity contribution >= 4 is 28.0 Å². The molecule has 1 aliphatic carbocycles. The Morgan fingerprint density at radius 2 is 2.03 bits per heavy atom. The first-order chi connectivity index (χ1) is 14.2. The number of nitrogens with one attached hydrogen (secondary N) is 1. The smallest absolute Gasteiger partial charge is 0.251 e. The summed E-state index contributed by atoms with van der Waals surface area (Å²) in [6.07, 6.45) is 6.50. The van der Waals surface area contributed by atoms with Gasteiger partial charge >= 0.3 is 0 Å². The van der Waals surface area contributed by atoms with Crippen LogP contribution in [-0.2, 0) is 6.54 Å². The van der Waals surface area contributed by atoms with Gasteiger partial charge in [0.2, 0.25) is 5.65 Å². The van der Waals surface area contributed by atoms with E-state index in [0.29, 0.717) is 23.8 Å². The first-order valence-corrected chi connectivity index (χ1v) is 10.0. The number of rotatable bonds is 4. The van der Waals surface area contributed by atoms with Crippen LogP contribution in [-0.4, -0.2) is 30.6 Å². The van der Waals surface area contributed by atoms with Crippen LogP contribution in [0.2, 0.25) is 0 Å². The fraction of sp³-hybridized carbons (Fsp3) is 0.318. The van der Waals surface area contributed by atoms with Crippen molar-refractivity contribution in [2.24, 2.45) is 0 Å². The third-order valence-electron chi connectivity index (χ3n) is 5.68. The predicted molar refractivity (Wildman–Crippen MR) is 110 cm³/mol. The van der Waals surface area contributed by atoms with E-state index in [1.54, 1.807) is 12.3 Å². The van der Waals surface area contributed by atoms with Crippen LogP contribution in [0, 0.1) is 6.92 Å². The first kappa shape index (κ1) is 17.7. The average molecular weight is 386 g/mol. The predicted octanol–water partition coefficient (Wildman–Crippen LogP) is 3.73. The number of aromatic nitrogens is 5. The van der Waals surface area contributed by atoms with Gasteiger partial charge in [0.25, 0.3) is 5.91 Å². The number of aryl methyl sites for hydroxylation is 1. The molecule has 0 saturated heterocycles. The Morgan fingerprint density at radius 3 is 2.83 bits per heavy atom. The van der Waals surface area contributed by atoms with Gasteiger partial charge in [0, 0.05) is 23.2 Å². The molecule has 0 spiro atoms. The molecule has 29 heavy (non-hydrogen) atoms. The number of hydrogen-bond donors (Lipinski definition) is 1. The van der Waals surface area contributed by atoms with E-state index in [2.05, 4.69) is 30.0 Å². The molecule has 0 radical (unpaired) electrons. The van der Waals surface area contributed by atoms with E-state index >= 15 is 0 Å². The van der Waals surface area contributed by atoms with Gasteiger partial charge in [-0.3, -0.25) is 9.78 Å². The molecule has 0 bridgehead atoms. The average Bonchev–Trinajstić information content (AvgIpc) is 3.39. The van der Waals surface area contributed by atoms with Gasteiger partial charge in [-0.1, -0.05) is 18.9 Å². The van der Waals surface area contributed by atoms with E-state index in [1.807, 2.05) is 37.3 Å². The Labute approximate surface area is 168 Å². The Bertz CT molecular complexity index is 1190. The van der Waals surface area contributed by atoms with E-state index < -0.39 is 0 Å². The summed E-state index contributed by atoms with van der Waals surface area (Å²) < 4.78 is 2.30. The summed E-state index contributed by atoms with van der Waals surface area (Å²) in [5.74, 6) is 0.824. The molecule has 1 aromatic carbocycles. The van der Waals surface area contributed by atoms with Crippen LogP contribution in [0.5, 0.6) is 0 Å². The summed E-state index contributed by atoms with van der Waals surface area (Å²) in [5, 5.41) is 12.5. The summed E-state index contributed by atoms with van der Waals surface area (Å²) in [6.45, 7) is 2.41. The lowest BCUT2D eigenvalue weighted by atomic mass is 10.1. The molecule has 1 aliphatic rings. The summed E-state index contributed by atoms with van der Waals surface area (Å²) in [4.78, 5) is 21.6. The molecule has 4 aromatic rings. The number of nitrogens with zero attached hydrogens (tertiary/aromatic N) is 5. The molecule has 1 saturated carbocycles. The number of fused-ring (bicyclic) bond motifs is 3. The maximum absolute atomic E-state index is 12.7. The summed E-state index contributed by atoms with van der Waals surface area (Å²) in [6, 6.07) is 11.7. The molecular weight excluding hydrogens is 364 g/mol. The van der Waals surface area contributed by atoms with E-state index in [-0.39, 0.29) is 5.91 Å². The molecule has 3 heterocycles. The molecule has 5 rings (SSSR count). The quantitative estimate of drug-likeness (QED) is 0.578. The number of carbonyl (C=O) groups is 1. The number of hydrogen-bond acceptors (Lipinski definition) is 5. The Kier molecular flexibility index (Phi) is 4.42. The number of amides is 1. The normalized spacial score (nSPS) is 14.7. The SMILES string of the molecule is Cc1nc2nnc3ccc(C(=O)NCc4ccccn4)cc3c2n1C1CCCC1. The van der Waals surface area contributed by atoms with Gasteiger partial charge in [0.05, 0.1) is 23.3 Å². The first-order valence-electron chi connectivity index (χ1n) is 10.0. The minimum Gasteiger partial charge on any atom is -0.346 e. The lowest BCUT2D eigenvalue weighted by Crippen LogP contribution is -2.23. The highest BCUT2D eigenvalue weighted by atomic mass is 16.1. The van der Waals surface area contributed by atoms with E-state index in [1.165, 1.54) is 12.8 Å². The highest BCUT2D eigenvalue weighted by Crippen LogP contribution is 2.35. The van der Waals surface area contributed by atoms with Crippen molar-refractivity contribution in [1.82, 2.24) is 30.0 Å². The lowest BCUT2D eigenvalue weighted by molar-refractivity contribution is 0.0950.